The molecule has 0 saturated carbocycles. The maximum absolute atomic E-state index is 11.0. The third-order valence-corrected chi connectivity index (χ3v) is 2.48. The minimum Gasteiger partial charge on any atom is -0.444 e. The van der Waals surface area contributed by atoms with Gasteiger partial charge in [0.15, 0.2) is 0 Å². The molecule has 0 radical (unpaired) electrons. The molecule has 0 fully saturated rings. The number of aryl methyl sites for hydroxylation is 1. The monoisotopic (exact) mass is 242 g/mol. The molecular weight excluding hydrogens is 228 g/mol. The molecule has 4 nitrogen and oxygen atoms in total. The maximum Gasteiger partial charge on any atom is 0.243 e. The van der Waals surface area contributed by atoms with Crippen LogP contribution in [0.25, 0.3) is 11.5 Å². The highest BCUT2D eigenvalue weighted by Gasteiger charge is 2.06. The highest BCUT2D eigenvalue weighted by Crippen LogP contribution is 2.18. The van der Waals surface area contributed by atoms with E-state index in [0.717, 1.165) is 5.56 Å². The van der Waals surface area contributed by atoms with Gasteiger partial charge in [0.2, 0.25) is 11.8 Å². The van der Waals surface area contributed by atoms with Crippen LogP contribution in [0.4, 0.5) is 0 Å². The lowest BCUT2D eigenvalue weighted by atomic mass is 10.1. The fraction of sp³-hybridized carbons (Fsp3) is 0.143. The van der Waals surface area contributed by atoms with Crippen molar-refractivity contribution in [1.29, 1.82) is 0 Å². The van der Waals surface area contributed by atoms with Gasteiger partial charge < -0.3 is 9.73 Å². The zero-order valence-electron chi connectivity index (χ0n) is 10.1. The van der Waals surface area contributed by atoms with Crippen LogP contribution in [0.5, 0.6) is 0 Å². The molecule has 4 heteroatoms. The number of carbonyl (C=O) groups is 1. The van der Waals surface area contributed by atoms with Gasteiger partial charge in [0, 0.05) is 5.56 Å². The van der Waals surface area contributed by atoms with E-state index in [0.29, 0.717) is 18.1 Å². The minimum absolute atomic E-state index is 0.227. The average Bonchev–Trinajstić information content (AvgIpc) is 2.85. The summed E-state index contributed by atoms with van der Waals surface area (Å²) >= 11 is 0. The van der Waals surface area contributed by atoms with Crippen LogP contribution in [0.1, 0.15) is 11.3 Å². The van der Waals surface area contributed by atoms with E-state index in [4.69, 9.17) is 4.42 Å². The molecule has 0 aliphatic carbocycles. The summed E-state index contributed by atoms with van der Waals surface area (Å²) < 4.78 is 5.37. The van der Waals surface area contributed by atoms with Crippen LogP contribution in [-0.4, -0.2) is 10.9 Å². The number of nitrogens with zero attached hydrogens (tertiary/aromatic N) is 1. The van der Waals surface area contributed by atoms with E-state index in [1.165, 1.54) is 11.6 Å². The normalized spacial score (nSPS) is 10.1. The standard InChI is InChI=1S/C14H14N2O2/c1-3-13(17)15-8-12-9-18-14(16-12)11-6-4-10(2)5-7-11/h3-7,9H,1,8H2,2H3,(H,15,17). The number of hydrogen-bond acceptors (Lipinski definition) is 3. The number of rotatable bonds is 4. The lowest BCUT2D eigenvalue weighted by Crippen LogP contribution is -2.20. The van der Waals surface area contributed by atoms with Gasteiger partial charge >= 0.3 is 0 Å². The molecule has 0 unspecified atom stereocenters. The molecule has 18 heavy (non-hydrogen) atoms. The Bertz CT molecular complexity index is 555. The molecule has 0 aliphatic rings. The first kappa shape index (κ1) is 12.1. The van der Waals surface area contributed by atoms with E-state index in [2.05, 4.69) is 16.9 Å². The molecule has 1 aromatic carbocycles. The molecule has 0 bridgehead atoms. The summed E-state index contributed by atoms with van der Waals surface area (Å²) in [5.41, 5.74) is 2.78. The average molecular weight is 242 g/mol. The number of nitrogens with one attached hydrogen (secondary N) is 1. The molecule has 2 aromatic rings. The van der Waals surface area contributed by atoms with E-state index >= 15 is 0 Å². The van der Waals surface area contributed by atoms with Crippen molar-refractivity contribution in [3.63, 3.8) is 0 Å². The SMILES string of the molecule is C=CC(=O)NCc1coc(-c2ccc(C)cc2)n1. The largest absolute Gasteiger partial charge is 0.444 e. The molecule has 0 atom stereocenters. The molecule has 1 amide bonds. The molecule has 1 aromatic heterocycles. The smallest absolute Gasteiger partial charge is 0.243 e. The van der Waals surface area contributed by atoms with Gasteiger partial charge in [-0.05, 0) is 25.1 Å². The lowest BCUT2D eigenvalue weighted by molar-refractivity contribution is -0.116. The summed E-state index contributed by atoms with van der Waals surface area (Å²) in [4.78, 5) is 15.3. The van der Waals surface area contributed by atoms with Gasteiger partial charge in [-0.3, -0.25) is 4.79 Å². The fourth-order valence-electron chi connectivity index (χ4n) is 1.47. The summed E-state index contributed by atoms with van der Waals surface area (Å²) in [5.74, 6) is 0.327. The Morgan fingerprint density at radius 1 is 1.44 bits per heavy atom. The van der Waals surface area contributed by atoms with E-state index in [-0.39, 0.29) is 5.91 Å². The minimum atomic E-state index is -0.227. The Morgan fingerprint density at radius 3 is 2.83 bits per heavy atom. The van der Waals surface area contributed by atoms with Crippen LogP contribution in [0, 0.1) is 6.92 Å². The van der Waals surface area contributed by atoms with Crippen molar-refractivity contribution in [2.75, 3.05) is 0 Å². The number of oxazole rings is 1. The maximum atomic E-state index is 11.0. The fourth-order valence-corrected chi connectivity index (χ4v) is 1.47. The molecule has 2 rings (SSSR count). The molecule has 92 valence electrons. The van der Waals surface area contributed by atoms with E-state index in [9.17, 15) is 4.79 Å². The Morgan fingerprint density at radius 2 is 2.17 bits per heavy atom. The van der Waals surface area contributed by atoms with Gasteiger partial charge in [-0.25, -0.2) is 4.98 Å². The van der Waals surface area contributed by atoms with Gasteiger partial charge in [-0.1, -0.05) is 24.3 Å². The first-order chi connectivity index (χ1) is 8.69. The van der Waals surface area contributed by atoms with Crippen LogP contribution in [0.2, 0.25) is 0 Å². The van der Waals surface area contributed by atoms with Crippen molar-refractivity contribution < 1.29 is 9.21 Å². The van der Waals surface area contributed by atoms with Crippen molar-refractivity contribution in [1.82, 2.24) is 10.3 Å². The van der Waals surface area contributed by atoms with Crippen molar-refractivity contribution >= 4 is 5.91 Å². The zero-order valence-corrected chi connectivity index (χ0v) is 10.1. The summed E-state index contributed by atoms with van der Waals surface area (Å²) in [6.45, 7) is 5.73. The summed E-state index contributed by atoms with van der Waals surface area (Å²) in [5, 5.41) is 2.64. The van der Waals surface area contributed by atoms with Crippen LogP contribution in [0.15, 0.2) is 47.6 Å². The quantitative estimate of drug-likeness (QED) is 0.838. The zero-order chi connectivity index (χ0) is 13.0. The summed E-state index contributed by atoms with van der Waals surface area (Å²) in [6, 6.07) is 7.90. The number of carbonyl (C=O) groups excluding carboxylic acids is 1. The molecule has 0 aliphatic heterocycles. The van der Waals surface area contributed by atoms with Gasteiger partial charge in [-0.2, -0.15) is 0 Å². The third kappa shape index (κ3) is 2.85. The van der Waals surface area contributed by atoms with Gasteiger partial charge in [-0.15, -0.1) is 0 Å². The third-order valence-electron chi connectivity index (χ3n) is 2.48. The molecular formula is C14H14N2O2. The van der Waals surface area contributed by atoms with Crippen molar-refractivity contribution in [2.45, 2.75) is 13.5 Å². The van der Waals surface area contributed by atoms with Crippen molar-refractivity contribution in [3.05, 3.63) is 54.4 Å². The Hall–Kier alpha value is -2.36. The van der Waals surface area contributed by atoms with Crippen molar-refractivity contribution in [2.24, 2.45) is 0 Å². The Balaban J connectivity index is 2.08. The highest BCUT2D eigenvalue weighted by atomic mass is 16.3. The topological polar surface area (TPSA) is 55.1 Å². The molecule has 1 heterocycles. The van der Waals surface area contributed by atoms with Crippen molar-refractivity contribution in [3.8, 4) is 11.5 Å². The second kappa shape index (κ2) is 5.31. The number of aromatic nitrogens is 1. The van der Waals surface area contributed by atoms with E-state index < -0.39 is 0 Å². The van der Waals surface area contributed by atoms with Gasteiger partial charge in [0.25, 0.3) is 0 Å². The highest BCUT2D eigenvalue weighted by molar-refractivity contribution is 5.86. The summed E-state index contributed by atoms with van der Waals surface area (Å²) in [6.07, 6.45) is 2.76. The Labute approximate surface area is 105 Å². The first-order valence-corrected chi connectivity index (χ1v) is 5.61. The van der Waals surface area contributed by atoms with Crippen LogP contribution in [0.3, 0.4) is 0 Å². The van der Waals surface area contributed by atoms with E-state index in [1.807, 2.05) is 31.2 Å². The summed E-state index contributed by atoms with van der Waals surface area (Å²) in [7, 11) is 0. The van der Waals surface area contributed by atoms with Crippen LogP contribution in [-0.2, 0) is 11.3 Å². The van der Waals surface area contributed by atoms with Gasteiger partial charge in [0.1, 0.15) is 6.26 Å². The van der Waals surface area contributed by atoms with Crippen LogP contribution < -0.4 is 5.32 Å². The number of hydrogen-bond donors (Lipinski definition) is 1. The molecule has 0 spiro atoms. The first-order valence-electron chi connectivity index (χ1n) is 5.61. The number of benzene rings is 1. The number of amides is 1. The second-order valence-corrected chi connectivity index (χ2v) is 3.93. The van der Waals surface area contributed by atoms with E-state index in [1.54, 1.807) is 6.26 Å². The predicted molar refractivity (Wildman–Crippen MR) is 68.7 cm³/mol. The van der Waals surface area contributed by atoms with Crippen LogP contribution >= 0.6 is 0 Å². The second-order valence-electron chi connectivity index (χ2n) is 3.93. The van der Waals surface area contributed by atoms with Gasteiger partial charge in [0.05, 0.1) is 12.2 Å². The lowest BCUT2D eigenvalue weighted by Gasteiger charge is -1.97. The molecule has 0 saturated heterocycles. The predicted octanol–water partition coefficient (Wildman–Crippen LogP) is 2.45. The molecule has 1 N–H and O–H groups in total. The Kier molecular flexibility index (Phi) is 3.57.